The van der Waals surface area contributed by atoms with Gasteiger partial charge >= 0.3 is 0 Å². The Morgan fingerprint density at radius 3 is 2.94 bits per heavy atom. The lowest BCUT2D eigenvalue weighted by molar-refractivity contribution is 0.268. The zero-order valence-corrected chi connectivity index (χ0v) is 11.0. The first-order valence-electron chi connectivity index (χ1n) is 6.16. The Labute approximate surface area is 108 Å². The molecule has 0 radical (unpaired) electrons. The van der Waals surface area contributed by atoms with E-state index >= 15 is 0 Å². The van der Waals surface area contributed by atoms with E-state index < -0.39 is 0 Å². The van der Waals surface area contributed by atoms with E-state index in [-0.39, 0.29) is 0 Å². The molecule has 0 saturated heterocycles. The highest BCUT2D eigenvalue weighted by atomic mass is 32.1. The normalized spacial score (nSPS) is 15.2. The van der Waals surface area contributed by atoms with Gasteiger partial charge in [0, 0.05) is 19.3 Å². The van der Waals surface area contributed by atoms with E-state index in [0.29, 0.717) is 4.99 Å². The van der Waals surface area contributed by atoms with Crippen molar-refractivity contribution in [2.45, 2.75) is 26.3 Å². The Morgan fingerprint density at radius 2 is 2.35 bits per heavy atom. The lowest BCUT2D eigenvalue weighted by atomic mass is 10.1. The van der Waals surface area contributed by atoms with Gasteiger partial charge in [0.1, 0.15) is 10.7 Å². The van der Waals surface area contributed by atoms with Gasteiger partial charge in [0.2, 0.25) is 0 Å². The average Bonchev–Trinajstić information content (AvgIpc) is 3.12. The van der Waals surface area contributed by atoms with Crippen molar-refractivity contribution in [3.63, 3.8) is 0 Å². The van der Waals surface area contributed by atoms with E-state index in [4.69, 9.17) is 18.0 Å². The van der Waals surface area contributed by atoms with Gasteiger partial charge in [-0.15, -0.1) is 0 Å². The van der Waals surface area contributed by atoms with Crippen LogP contribution < -0.4 is 5.73 Å². The van der Waals surface area contributed by atoms with Crippen LogP contribution in [0.5, 0.6) is 0 Å². The molecule has 0 amide bonds. The Hall–Kier alpha value is -1.00. The monoisotopic (exact) mass is 249 g/mol. The van der Waals surface area contributed by atoms with Gasteiger partial charge < -0.3 is 5.73 Å². The second-order valence-electron chi connectivity index (χ2n) is 4.65. The number of hydrogen-bond acceptors (Lipinski definition) is 3. The zero-order valence-electron chi connectivity index (χ0n) is 10.2. The summed E-state index contributed by atoms with van der Waals surface area (Å²) < 4.78 is 0. The SMILES string of the molecule is CCN(Cc1cccnc1C(N)=S)CC1CC1. The first kappa shape index (κ1) is 12.5. The summed E-state index contributed by atoms with van der Waals surface area (Å²) in [7, 11) is 0. The van der Waals surface area contributed by atoms with Crippen molar-refractivity contribution in [3.8, 4) is 0 Å². The second kappa shape index (κ2) is 5.56. The molecule has 1 aromatic rings. The summed E-state index contributed by atoms with van der Waals surface area (Å²) in [6.45, 7) is 5.33. The maximum Gasteiger partial charge on any atom is 0.123 e. The van der Waals surface area contributed by atoms with Crippen LogP contribution in [0.4, 0.5) is 0 Å². The molecule has 2 N–H and O–H groups in total. The average molecular weight is 249 g/mol. The number of nitrogens with zero attached hydrogens (tertiary/aromatic N) is 2. The summed E-state index contributed by atoms with van der Waals surface area (Å²) >= 11 is 5.04. The molecule has 1 aromatic heterocycles. The number of thiocarbonyl (C=S) groups is 1. The van der Waals surface area contributed by atoms with Crippen molar-refractivity contribution in [1.82, 2.24) is 9.88 Å². The van der Waals surface area contributed by atoms with Crippen LogP contribution in [0, 0.1) is 5.92 Å². The van der Waals surface area contributed by atoms with Crippen LogP contribution in [0.3, 0.4) is 0 Å². The summed E-state index contributed by atoms with van der Waals surface area (Å²) in [5, 5.41) is 0. The minimum absolute atomic E-state index is 0.392. The Morgan fingerprint density at radius 1 is 1.59 bits per heavy atom. The fraction of sp³-hybridized carbons (Fsp3) is 0.538. The number of aromatic nitrogens is 1. The largest absolute Gasteiger partial charge is 0.388 e. The molecule has 1 aliphatic carbocycles. The molecule has 3 nitrogen and oxygen atoms in total. The number of hydrogen-bond donors (Lipinski definition) is 1. The highest BCUT2D eigenvalue weighted by molar-refractivity contribution is 7.80. The predicted molar refractivity (Wildman–Crippen MR) is 73.8 cm³/mol. The van der Waals surface area contributed by atoms with Crippen LogP contribution in [0.15, 0.2) is 18.3 Å². The van der Waals surface area contributed by atoms with E-state index in [1.54, 1.807) is 6.20 Å². The molecule has 1 saturated carbocycles. The Balaban J connectivity index is 2.07. The predicted octanol–water partition coefficient (Wildman–Crippen LogP) is 1.95. The van der Waals surface area contributed by atoms with Gasteiger partial charge in [-0.25, -0.2) is 0 Å². The molecule has 0 spiro atoms. The summed E-state index contributed by atoms with van der Waals surface area (Å²) in [4.78, 5) is 7.10. The Kier molecular flexibility index (Phi) is 4.07. The van der Waals surface area contributed by atoms with Crippen LogP contribution in [0.25, 0.3) is 0 Å². The van der Waals surface area contributed by atoms with Gasteiger partial charge in [0.25, 0.3) is 0 Å². The van der Waals surface area contributed by atoms with E-state index in [9.17, 15) is 0 Å². The molecule has 0 bridgehead atoms. The third kappa shape index (κ3) is 3.48. The topological polar surface area (TPSA) is 42.2 Å². The summed E-state index contributed by atoms with van der Waals surface area (Å²) in [6.07, 6.45) is 4.51. The highest BCUT2D eigenvalue weighted by Crippen LogP contribution is 2.30. The smallest absolute Gasteiger partial charge is 0.123 e. The minimum Gasteiger partial charge on any atom is -0.388 e. The second-order valence-corrected chi connectivity index (χ2v) is 5.09. The number of nitrogens with two attached hydrogens (primary N) is 1. The van der Waals surface area contributed by atoms with Crippen LogP contribution in [-0.4, -0.2) is 28.0 Å². The quantitative estimate of drug-likeness (QED) is 0.783. The Bertz CT molecular complexity index is 401. The number of rotatable bonds is 6. The van der Waals surface area contributed by atoms with Crippen molar-refractivity contribution < 1.29 is 0 Å². The molecular weight excluding hydrogens is 230 g/mol. The van der Waals surface area contributed by atoms with E-state index in [2.05, 4.69) is 22.9 Å². The van der Waals surface area contributed by atoms with E-state index in [1.807, 2.05) is 6.07 Å². The van der Waals surface area contributed by atoms with Crippen molar-refractivity contribution in [3.05, 3.63) is 29.6 Å². The first-order valence-corrected chi connectivity index (χ1v) is 6.57. The number of pyridine rings is 1. The van der Waals surface area contributed by atoms with Crippen molar-refractivity contribution >= 4 is 17.2 Å². The zero-order chi connectivity index (χ0) is 12.3. The van der Waals surface area contributed by atoms with Crippen molar-refractivity contribution in [1.29, 1.82) is 0 Å². The van der Waals surface area contributed by atoms with Crippen LogP contribution in [0.2, 0.25) is 0 Å². The third-order valence-corrected chi connectivity index (χ3v) is 3.37. The van der Waals surface area contributed by atoms with Crippen LogP contribution in [-0.2, 0) is 6.54 Å². The lowest BCUT2D eigenvalue weighted by Crippen LogP contribution is -2.27. The van der Waals surface area contributed by atoms with Crippen molar-refractivity contribution in [2.75, 3.05) is 13.1 Å². The molecule has 0 atom stereocenters. The molecule has 4 heteroatoms. The first-order chi connectivity index (χ1) is 8.20. The fourth-order valence-corrected chi connectivity index (χ4v) is 2.18. The third-order valence-electron chi connectivity index (χ3n) is 3.18. The maximum atomic E-state index is 5.70. The van der Waals surface area contributed by atoms with Gasteiger partial charge in [0.05, 0.1) is 0 Å². The van der Waals surface area contributed by atoms with E-state index in [0.717, 1.165) is 30.3 Å². The molecule has 17 heavy (non-hydrogen) atoms. The molecule has 0 unspecified atom stereocenters. The van der Waals surface area contributed by atoms with Crippen molar-refractivity contribution in [2.24, 2.45) is 11.7 Å². The molecule has 0 aromatic carbocycles. The van der Waals surface area contributed by atoms with Gasteiger partial charge in [0.15, 0.2) is 0 Å². The molecule has 1 heterocycles. The minimum atomic E-state index is 0.392. The summed E-state index contributed by atoms with van der Waals surface area (Å²) in [5.41, 5.74) is 7.61. The van der Waals surface area contributed by atoms with Gasteiger partial charge in [-0.2, -0.15) is 0 Å². The van der Waals surface area contributed by atoms with Gasteiger partial charge in [-0.05, 0) is 36.9 Å². The highest BCUT2D eigenvalue weighted by Gasteiger charge is 2.24. The van der Waals surface area contributed by atoms with Crippen LogP contribution in [0.1, 0.15) is 31.0 Å². The van der Waals surface area contributed by atoms with Crippen LogP contribution >= 0.6 is 12.2 Å². The van der Waals surface area contributed by atoms with Gasteiger partial charge in [-0.1, -0.05) is 25.2 Å². The molecule has 1 aliphatic rings. The lowest BCUT2D eigenvalue weighted by Gasteiger charge is -2.21. The molecule has 2 rings (SSSR count). The van der Waals surface area contributed by atoms with Gasteiger partial charge in [-0.3, -0.25) is 9.88 Å². The molecular formula is C13H19N3S. The maximum absolute atomic E-state index is 5.70. The summed E-state index contributed by atoms with van der Waals surface area (Å²) in [5.74, 6) is 0.903. The molecule has 0 aliphatic heterocycles. The fourth-order valence-electron chi connectivity index (χ4n) is 2.00. The van der Waals surface area contributed by atoms with E-state index in [1.165, 1.54) is 19.4 Å². The molecule has 92 valence electrons. The summed E-state index contributed by atoms with van der Waals surface area (Å²) in [6, 6.07) is 4.01. The molecule has 1 fully saturated rings. The standard InChI is InChI=1S/C13H19N3S/c1-2-16(8-10-5-6-10)9-11-4-3-7-15-12(11)13(14)17/h3-4,7,10H,2,5-6,8-9H2,1H3,(H2,14,17).